The number of nitrogen functional groups attached to an aromatic ring is 1. The van der Waals surface area contributed by atoms with Gasteiger partial charge in [0.25, 0.3) is 0 Å². The highest BCUT2D eigenvalue weighted by atomic mass is 16.4. The molecule has 0 aliphatic rings. The molecule has 1 heterocycles. The lowest BCUT2D eigenvalue weighted by Crippen LogP contribution is -2.06. The van der Waals surface area contributed by atoms with Crippen LogP contribution in [0.15, 0.2) is 30.5 Å². The van der Waals surface area contributed by atoms with Crippen LogP contribution < -0.4 is 5.73 Å². The second-order valence-electron chi connectivity index (χ2n) is 3.77. The van der Waals surface area contributed by atoms with Gasteiger partial charge in [-0.05, 0) is 19.1 Å². The average molecular weight is 245 g/mol. The Labute approximate surface area is 103 Å². The molecule has 6 nitrogen and oxygen atoms in total. The highest BCUT2D eigenvalue weighted by molar-refractivity contribution is 5.95. The van der Waals surface area contributed by atoms with Gasteiger partial charge in [-0.3, -0.25) is 4.79 Å². The number of hydrogen-bond acceptors (Lipinski definition) is 4. The maximum atomic E-state index is 11.3. The third-order valence-electron chi connectivity index (χ3n) is 2.53. The number of ketones is 1. The van der Waals surface area contributed by atoms with E-state index in [1.165, 1.54) is 17.8 Å². The number of hydrogen-bond donors (Lipinski definition) is 2. The Hall–Kier alpha value is -2.63. The summed E-state index contributed by atoms with van der Waals surface area (Å²) in [6, 6.07) is 6.66. The molecule has 0 aliphatic heterocycles. The molecule has 3 N–H and O–H groups in total. The van der Waals surface area contributed by atoms with E-state index in [4.69, 9.17) is 10.8 Å². The number of Topliss-reactive ketones (excluding diaryl/α,β-unsaturated/α-hetero) is 1. The van der Waals surface area contributed by atoms with Crippen molar-refractivity contribution in [2.24, 2.45) is 0 Å². The van der Waals surface area contributed by atoms with Crippen LogP contribution in [0.3, 0.4) is 0 Å². The fourth-order valence-corrected chi connectivity index (χ4v) is 1.59. The number of anilines is 1. The van der Waals surface area contributed by atoms with E-state index in [0.29, 0.717) is 11.3 Å². The molecule has 0 radical (unpaired) electrons. The van der Waals surface area contributed by atoms with E-state index >= 15 is 0 Å². The number of nitrogens with two attached hydrogens (primary N) is 1. The summed E-state index contributed by atoms with van der Waals surface area (Å²) in [5, 5.41) is 12.8. The first-order chi connectivity index (χ1) is 8.50. The molecule has 2 aromatic rings. The van der Waals surface area contributed by atoms with Gasteiger partial charge < -0.3 is 10.8 Å². The summed E-state index contributed by atoms with van der Waals surface area (Å²) in [6.45, 7) is 1.45. The zero-order chi connectivity index (χ0) is 13.3. The first kappa shape index (κ1) is 11.8. The van der Waals surface area contributed by atoms with Crippen molar-refractivity contribution in [3.05, 3.63) is 41.6 Å². The van der Waals surface area contributed by atoms with E-state index in [1.807, 2.05) is 0 Å². The Kier molecular flexibility index (Phi) is 2.85. The molecule has 6 heteroatoms. The van der Waals surface area contributed by atoms with Crippen molar-refractivity contribution in [2.45, 2.75) is 6.92 Å². The van der Waals surface area contributed by atoms with Crippen LogP contribution in [-0.2, 0) is 0 Å². The van der Waals surface area contributed by atoms with Crippen molar-refractivity contribution in [1.29, 1.82) is 0 Å². The second kappa shape index (κ2) is 4.33. The molecule has 0 spiro atoms. The second-order valence-corrected chi connectivity index (χ2v) is 3.77. The number of aromatic carboxylic acids is 1. The number of benzene rings is 1. The molecule has 0 saturated heterocycles. The van der Waals surface area contributed by atoms with Crippen molar-refractivity contribution < 1.29 is 14.7 Å². The Bertz CT molecular complexity index is 631. The number of rotatable bonds is 3. The molecular weight excluding hydrogens is 234 g/mol. The molecule has 0 amide bonds. The van der Waals surface area contributed by atoms with Crippen LogP contribution in [0.4, 0.5) is 5.82 Å². The van der Waals surface area contributed by atoms with Crippen LogP contribution in [0.2, 0.25) is 0 Å². The summed E-state index contributed by atoms with van der Waals surface area (Å²) >= 11 is 0. The topological polar surface area (TPSA) is 98.2 Å². The van der Waals surface area contributed by atoms with E-state index in [9.17, 15) is 9.59 Å². The first-order valence-electron chi connectivity index (χ1n) is 5.19. The summed E-state index contributed by atoms with van der Waals surface area (Å²) in [6.07, 6.45) is 1.18. The number of carboxylic acids is 1. The summed E-state index contributed by atoms with van der Waals surface area (Å²) in [5.41, 5.74) is 6.69. The number of nitrogens with zero attached hydrogens (tertiary/aromatic N) is 2. The third kappa shape index (κ3) is 1.95. The average Bonchev–Trinajstić information content (AvgIpc) is 2.71. The molecule has 0 fully saturated rings. The van der Waals surface area contributed by atoms with Gasteiger partial charge in [-0.2, -0.15) is 5.10 Å². The summed E-state index contributed by atoms with van der Waals surface area (Å²) in [7, 11) is 0. The summed E-state index contributed by atoms with van der Waals surface area (Å²) in [5.74, 6) is -1.19. The van der Waals surface area contributed by atoms with Crippen LogP contribution in [0, 0.1) is 0 Å². The minimum Gasteiger partial charge on any atom is -0.477 e. The minimum atomic E-state index is -1.14. The van der Waals surface area contributed by atoms with Crippen molar-refractivity contribution in [2.75, 3.05) is 5.73 Å². The van der Waals surface area contributed by atoms with E-state index in [1.54, 1.807) is 24.3 Å². The monoisotopic (exact) mass is 245 g/mol. The zero-order valence-corrected chi connectivity index (χ0v) is 9.62. The van der Waals surface area contributed by atoms with Crippen molar-refractivity contribution in [3.8, 4) is 5.69 Å². The third-order valence-corrected chi connectivity index (χ3v) is 2.53. The van der Waals surface area contributed by atoms with Crippen molar-refractivity contribution >= 4 is 17.6 Å². The molecule has 1 aromatic carbocycles. The predicted molar refractivity (Wildman–Crippen MR) is 64.9 cm³/mol. The van der Waals surface area contributed by atoms with Gasteiger partial charge in [0.05, 0.1) is 11.9 Å². The first-order valence-corrected chi connectivity index (χ1v) is 5.19. The van der Waals surface area contributed by atoms with Gasteiger partial charge in [-0.15, -0.1) is 0 Å². The van der Waals surface area contributed by atoms with E-state index in [0.717, 1.165) is 0 Å². The van der Waals surface area contributed by atoms with Crippen LogP contribution in [0.1, 0.15) is 27.6 Å². The summed E-state index contributed by atoms with van der Waals surface area (Å²) in [4.78, 5) is 22.1. The molecule has 0 aliphatic carbocycles. The van der Waals surface area contributed by atoms with Gasteiger partial charge in [0.2, 0.25) is 0 Å². The Morgan fingerprint density at radius 2 is 2.11 bits per heavy atom. The number of carbonyl (C=O) groups is 2. The normalized spacial score (nSPS) is 10.3. The minimum absolute atomic E-state index is 0.0307. The molecule has 0 bridgehead atoms. The number of carbonyl (C=O) groups excluding carboxylic acids is 1. The molecule has 2 rings (SSSR count). The maximum Gasteiger partial charge on any atom is 0.341 e. The van der Waals surface area contributed by atoms with Crippen LogP contribution >= 0.6 is 0 Å². The molecule has 0 unspecified atom stereocenters. The van der Waals surface area contributed by atoms with Gasteiger partial charge in [0.15, 0.2) is 5.78 Å². The zero-order valence-electron chi connectivity index (χ0n) is 9.62. The van der Waals surface area contributed by atoms with E-state index < -0.39 is 5.97 Å². The SMILES string of the molecule is CC(=O)c1cccc(-n2ncc(C(=O)O)c2N)c1. The number of aromatic nitrogens is 2. The standard InChI is InChI=1S/C12H11N3O3/c1-7(16)8-3-2-4-9(5-8)15-11(13)10(6-14-15)12(17)18/h2-6H,13H2,1H3,(H,17,18). The largest absolute Gasteiger partial charge is 0.477 e. The Morgan fingerprint density at radius 1 is 1.39 bits per heavy atom. The highest BCUT2D eigenvalue weighted by Crippen LogP contribution is 2.18. The maximum absolute atomic E-state index is 11.3. The van der Waals surface area contributed by atoms with Crippen molar-refractivity contribution in [1.82, 2.24) is 9.78 Å². The van der Waals surface area contributed by atoms with Crippen LogP contribution in [-0.4, -0.2) is 26.6 Å². The van der Waals surface area contributed by atoms with Crippen molar-refractivity contribution in [3.63, 3.8) is 0 Å². The molecule has 92 valence electrons. The predicted octanol–water partition coefficient (Wildman–Crippen LogP) is 1.36. The molecular formula is C12H11N3O3. The smallest absolute Gasteiger partial charge is 0.341 e. The van der Waals surface area contributed by atoms with Crippen LogP contribution in [0.25, 0.3) is 5.69 Å². The lowest BCUT2D eigenvalue weighted by atomic mass is 10.1. The quantitative estimate of drug-likeness (QED) is 0.795. The van der Waals surface area contributed by atoms with Gasteiger partial charge in [-0.25, -0.2) is 9.48 Å². The van der Waals surface area contributed by atoms with E-state index in [2.05, 4.69) is 5.10 Å². The van der Waals surface area contributed by atoms with E-state index in [-0.39, 0.29) is 17.2 Å². The molecule has 18 heavy (non-hydrogen) atoms. The fourth-order valence-electron chi connectivity index (χ4n) is 1.59. The lowest BCUT2D eigenvalue weighted by Gasteiger charge is -2.05. The lowest BCUT2D eigenvalue weighted by molar-refractivity contribution is 0.0698. The highest BCUT2D eigenvalue weighted by Gasteiger charge is 2.15. The van der Waals surface area contributed by atoms with Gasteiger partial charge in [0, 0.05) is 5.56 Å². The molecule has 0 saturated carbocycles. The van der Waals surface area contributed by atoms with Gasteiger partial charge in [0.1, 0.15) is 11.4 Å². The summed E-state index contributed by atoms with van der Waals surface area (Å²) < 4.78 is 1.29. The molecule has 1 aromatic heterocycles. The molecule has 0 atom stereocenters. The van der Waals surface area contributed by atoms with Gasteiger partial charge >= 0.3 is 5.97 Å². The van der Waals surface area contributed by atoms with Gasteiger partial charge in [-0.1, -0.05) is 12.1 Å². The van der Waals surface area contributed by atoms with Crippen LogP contribution in [0.5, 0.6) is 0 Å². The Balaban J connectivity index is 2.52. The fraction of sp³-hybridized carbons (Fsp3) is 0.0833. The number of carboxylic acid groups (broad SMARTS) is 1. The Morgan fingerprint density at radius 3 is 2.67 bits per heavy atom.